The third-order valence-corrected chi connectivity index (χ3v) is 4.25. The summed E-state index contributed by atoms with van der Waals surface area (Å²) in [6.07, 6.45) is -0.171. The van der Waals surface area contributed by atoms with Crippen LogP contribution >= 0.6 is 15.9 Å². The van der Waals surface area contributed by atoms with Gasteiger partial charge in [0.15, 0.2) is 0 Å². The summed E-state index contributed by atoms with van der Waals surface area (Å²) in [6, 6.07) is 18.6. The minimum absolute atomic E-state index is 0.316. The van der Waals surface area contributed by atoms with E-state index in [0.29, 0.717) is 16.5 Å². The maximum atomic E-state index is 13.1. The molecule has 1 N–H and O–H groups in total. The molecule has 0 aromatic heterocycles. The van der Waals surface area contributed by atoms with Crippen molar-refractivity contribution in [3.8, 4) is 0 Å². The second-order valence-electron chi connectivity index (χ2n) is 5.07. The SMILES string of the molecule is OC(Cc1ccc2ccccc2c1)c1ccc(F)cc1Br. The van der Waals surface area contributed by atoms with E-state index in [1.807, 2.05) is 18.2 Å². The Bertz CT molecular complexity index is 785. The molecule has 0 amide bonds. The van der Waals surface area contributed by atoms with Gasteiger partial charge in [0, 0.05) is 10.9 Å². The monoisotopic (exact) mass is 344 g/mol. The van der Waals surface area contributed by atoms with Gasteiger partial charge in [-0.25, -0.2) is 4.39 Å². The predicted molar refractivity (Wildman–Crippen MR) is 86.7 cm³/mol. The summed E-state index contributed by atoms with van der Waals surface area (Å²) in [5.41, 5.74) is 1.75. The van der Waals surface area contributed by atoms with Gasteiger partial charge in [-0.2, -0.15) is 0 Å². The van der Waals surface area contributed by atoms with E-state index in [9.17, 15) is 9.50 Å². The fourth-order valence-electron chi connectivity index (χ4n) is 2.47. The Kier molecular flexibility index (Phi) is 4.04. The Morgan fingerprint density at radius 1 is 0.952 bits per heavy atom. The number of halogens is 2. The number of hydrogen-bond donors (Lipinski definition) is 1. The summed E-state index contributed by atoms with van der Waals surface area (Å²) in [5, 5.41) is 12.7. The number of rotatable bonds is 3. The van der Waals surface area contributed by atoms with Crippen LogP contribution in [0.4, 0.5) is 4.39 Å². The average molecular weight is 345 g/mol. The van der Waals surface area contributed by atoms with Crippen LogP contribution in [0.1, 0.15) is 17.2 Å². The highest BCUT2D eigenvalue weighted by atomic mass is 79.9. The molecule has 3 rings (SSSR count). The lowest BCUT2D eigenvalue weighted by Crippen LogP contribution is -2.03. The van der Waals surface area contributed by atoms with Crippen molar-refractivity contribution in [2.45, 2.75) is 12.5 Å². The molecule has 3 heteroatoms. The summed E-state index contributed by atoms with van der Waals surface area (Å²) in [4.78, 5) is 0. The molecule has 0 fully saturated rings. The van der Waals surface area contributed by atoms with Gasteiger partial charge in [-0.1, -0.05) is 64.5 Å². The van der Waals surface area contributed by atoms with Crippen LogP contribution < -0.4 is 0 Å². The first-order valence-corrected chi connectivity index (χ1v) is 7.53. The Hall–Kier alpha value is -1.71. The zero-order valence-electron chi connectivity index (χ0n) is 11.3. The van der Waals surface area contributed by atoms with Gasteiger partial charge in [-0.05, 0) is 34.0 Å². The summed E-state index contributed by atoms with van der Waals surface area (Å²) in [5.74, 6) is -0.316. The first kappa shape index (κ1) is 14.2. The van der Waals surface area contributed by atoms with Gasteiger partial charge in [-0.3, -0.25) is 0 Å². The second kappa shape index (κ2) is 5.96. The molecule has 0 radical (unpaired) electrons. The van der Waals surface area contributed by atoms with Crippen LogP contribution in [-0.2, 0) is 6.42 Å². The highest BCUT2D eigenvalue weighted by Gasteiger charge is 2.13. The third-order valence-electron chi connectivity index (χ3n) is 3.56. The van der Waals surface area contributed by atoms with E-state index in [4.69, 9.17) is 0 Å². The summed E-state index contributed by atoms with van der Waals surface area (Å²) in [6.45, 7) is 0. The van der Waals surface area contributed by atoms with Crippen molar-refractivity contribution in [1.29, 1.82) is 0 Å². The molecule has 106 valence electrons. The summed E-state index contributed by atoms with van der Waals surface area (Å²) >= 11 is 3.30. The van der Waals surface area contributed by atoms with Crippen molar-refractivity contribution in [1.82, 2.24) is 0 Å². The second-order valence-corrected chi connectivity index (χ2v) is 5.92. The van der Waals surface area contributed by atoms with Crippen LogP contribution in [0.2, 0.25) is 0 Å². The zero-order valence-corrected chi connectivity index (χ0v) is 12.8. The fraction of sp³-hybridized carbons (Fsp3) is 0.111. The molecule has 21 heavy (non-hydrogen) atoms. The molecule has 3 aromatic rings. The van der Waals surface area contributed by atoms with Crippen molar-refractivity contribution >= 4 is 26.7 Å². The lowest BCUT2D eigenvalue weighted by Gasteiger charge is -2.13. The molecule has 1 unspecified atom stereocenters. The van der Waals surface area contributed by atoms with Gasteiger partial charge in [0.1, 0.15) is 5.82 Å². The minimum Gasteiger partial charge on any atom is -0.388 e. The molecule has 0 heterocycles. The number of hydrogen-bond acceptors (Lipinski definition) is 1. The molecule has 0 spiro atoms. The van der Waals surface area contributed by atoms with Gasteiger partial charge < -0.3 is 5.11 Å². The van der Waals surface area contributed by atoms with Crippen LogP contribution in [0.5, 0.6) is 0 Å². The molecule has 0 bridgehead atoms. The molecule has 0 aliphatic rings. The topological polar surface area (TPSA) is 20.2 Å². The van der Waals surface area contributed by atoms with E-state index in [0.717, 1.165) is 10.9 Å². The van der Waals surface area contributed by atoms with E-state index >= 15 is 0 Å². The molecule has 0 saturated heterocycles. The van der Waals surface area contributed by atoms with Crippen molar-refractivity contribution in [3.63, 3.8) is 0 Å². The highest BCUT2D eigenvalue weighted by molar-refractivity contribution is 9.10. The van der Waals surface area contributed by atoms with Crippen molar-refractivity contribution in [2.75, 3.05) is 0 Å². The molecular weight excluding hydrogens is 331 g/mol. The fourth-order valence-corrected chi connectivity index (χ4v) is 3.09. The normalized spacial score (nSPS) is 12.5. The molecule has 0 aliphatic heterocycles. The smallest absolute Gasteiger partial charge is 0.124 e. The molecule has 3 aromatic carbocycles. The number of benzene rings is 3. The molecule has 0 saturated carbocycles. The summed E-state index contributed by atoms with van der Waals surface area (Å²) in [7, 11) is 0. The first-order chi connectivity index (χ1) is 10.1. The quantitative estimate of drug-likeness (QED) is 0.707. The average Bonchev–Trinajstić information content (AvgIpc) is 2.47. The van der Waals surface area contributed by atoms with Crippen molar-refractivity contribution in [3.05, 3.63) is 82.1 Å². The Labute approximate surface area is 131 Å². The molecular formula is C18H14BrFO. The summed E-state index contributed by atoms with van der Waals surface area (Å²) < 4.78 is 13.7. The Balaban J connectivity index is 1.87. The van der Waals surface area contributed by atoms with Crippen molar-refractivity contribution < 1.29 is 9.50 Å². The molecule has 1 nitrogen and oxygen atoms in total. The Morgan fingerprint density at radius 3 is 2.48 bits per heavy atom. The largest absolute Gasteiger partial charge is 0.388 e. The van der Waals surface area contributed by atoms with Crippen LogP contribution in [-0.4, -0.2) is 5.11 Å². The number of aliphatic hydroxyl groups excluding tert-OH is 1. The van der Waals surface area contributed by atoms with Gasteiger partial charge in [0.25, 0.3) is 0 Å². The van der Waals surface area contributed by atoms with Gasteiger partial charge in [-0.15, -0.1) is 0 Å². The zero-order chi connectivity index (χ0) is 14.8. The van der Waals surface area contributed by atoms with E-state index in [1.165, 1.54) is 17.5 Å². The lowest BCUT2D eigenvalue weighted by atomic mass is 9.99. The molecule has 0 aliphatic carbocycles. The van der Waals surface area contributed by atoms with Gasteiger partial charge in [0.2, 0.25) is 0 Å². The van der Waals surface area contributed by atoms with Gasteiger partial charge in [0.05, 0.1) is 6.10 Å². The van der Waals surface area contributed by atoms with E-state index in [1.54, 1.807) is 6.07 Å². The van der Waals surface area contributed by atoms with Crippen LogP contribution in [0.3, 0.4) is 0 Å². The van der Waals surface area contributed by atoms with Crippen LogP contribution in [0.15, 0.2) is 65.1 Å². The standard InChI is InChI=1S/C18H14BrFO/c19-17-11-15(20)7-8-16(17)18(21)10-12-5-6-13-3-1-2-4-14(13)9-12/h1-9,11,18,21H,10H2. The maximum absolute atomic E-state index is 13.1. The lowest BCUT2D eigenvalue weighted by molar-refractivity contribution is 0.177. The van der Waals surface area contributed by atoms with E-state index < -0.39 is 6.10 Å². The third kappa shape index (κ3) is 3.14. The van der Waals surface area contributed by atoms with Crippen molar-refractivity contribution in [2.24, 2.45) is 0 Å². The number of aliphatic hydroxyl groups is 1. The van der Waals surface area contributed by atoms with Gasteiger partial charge >= 0.3 is 0 Å². The van der Waals surface area contributed by atoms with E-state index in [2.05, 4.69) is 40.2 Å². The predicted octanol–water partition coefficient (Wildman–Crippen LogP) is 5.02. The minimum atomic E-state index is -0.666. The first-order valence-electron chi connectivity index (χ1n) is 6.74. The number of fused-ring (bicyclic) bond motifs is 1. The highest BCUT2D eigenvalue weighted by Crippen LogP contribution is 2.27. The van der Waals surface area contributed by atoms with Crippen LogP contribution in [0.25, 0.3) is 10.8 Å². The maximum Gasteiger partial charge on any atom is 0.124 e. The molecule has 1 atom stereocenters. The Morgan fingerprint density at radius 2 is 1.71 bits per heavy atom. The van der Waals surface area contributed by atoms with Crippen LogP contribution in [0, 0.1) is 5.82 Å². The van der Waals surface area contributed by atoms with E-state index in [-0.39, 0.29) is 5.82 Å².